The number of halogens is 5. The molecule has 1 aliphatic heterocycles. The standard InChI is InChI=1S/C23H19F5N4OS/c1-13-4-5-32(12-13)21-18(14-6-16(24)11-29-9-14)7-15(10-30-21)22(33)31-17-2-3-20(19(25)8-17)34-23(26,27)28/h2-3,6-11,13H,4-5,12H2,1H3,(H,31,33)/t13-/m1/s1. The van der Waals surface area contributed by atoms with Crippen LogP contribution in [0, 0.1) is 17.6 Å². The number of rotatable bonds is 5. The van der Waals surface area contributed by atoms with Crippen LogP contribution in [0.5, 0.6) is 0 Å². The van der Waals surface area contributed by atoms with Crippen LogP contribution in [-0.2, 0) is 0 Å². The number of anilines is 2. The summed E-state index contributed by atoms with van der Waals surface area (Å²) in [5.74, 6) is -1.25. The molecule has 1 aliphatic rings. The first-order chi connectivity index (χ1) is 16.1. The first kappa shape index (κ1) is 23.9. The molecule has 1 aromatic carbocycles. The van der Waals surface area contributed by atoms with Gasteiger partial charge in [-0.1, -0.05) is 6.92 Å². The summed E-state index contributed by atoms with van der Waals surface area (Å²) in [7, 11) is 0. The van der Waals surface area contributed by atoms with E-state index < -0.39 is 39.7 Å². The average Bonchev–Trinajstić information content (AvgIpc) is 3.20. The van der Waals surface area contributed by atoms with Crippen molar-refractivity contribution in [1.82, 2.24) is 9.97 Å². The summed E-state index contributed by atoms with van der Waals surface area (Å²) in [6, 6.07) is 5.78. The molecule has 0 unspecified atom stereocenters. The summed E-state index contributed by atoms with van der Waals surface area (Å²) >= 11 is -0.573. The van der Waals surface area contributed by atoms with Gasteiger partial charge < -0.3 is 10.2 Å². The summed E-state index contributed by atoms with van der Waals surface area (Å²) in [5, 5.41) is 2.46. The first-order valence-electron chi connectivity index (χ1n) is 10.3. The number of nitrogens with one attached hydrogen (secondary N) is 1. The summed E-state index contributed by atoms with van der Waals surface area (Å²) in [4.78, 5) is 22.6. The lowest BCUT2D eigenvalue weighted by molar-refractivity contribution is -0.0329. The van der Waals surface area contributed by atoms with E-state index in [1.165, 1.54) is 24.5 Å². The van der Waals surface area contributed by atoms with E-state index in [1.807, 2.05) is 0 Å². The largest absolute Gasteiger partial charge is 0.446 e. The van der Waals surface area contributed by atoms with Gasteiger partial charge in [0.15, 0.2) is 0 Å². The zero-order valence-electron chi connectivity index (χ0n) is 17.9. The van der Waals surface area contributed by atoms with E-state index in [-0.39, 0.29) is 11.3 Å². The highest BCUT2D eigenvalue weighted by molar-refractivity contribution is 8.00. The Morgan fingerprint density at radius 3 is 2.59 bits per heavy atom. The van der Waals surface area contributed by atoms with Crippen LogP contribution in [0.4, 0.5) is 33.5 Å². The zero-order chi connectivity index (χ0) is 24.5. The highest BCUT2D eigenvalue weighted by atomic mass is 32.2. The molecule has 0 radical (unpaired) electrons. The summed E-state index contributed by atoms with van der Waals surface area (Å²) in [6.45, 7) is 3.63. The van der Waals surface area contributed by atoms with Crippen molar-refractivity contribution >= 4 is 29.2 Å². The number of hydrogen-bond donors (Lipinski definition) is 1. The second-order valence-electron chi connectivity index (χ2n) is 7.97. The Hall–Kier alpha value is -3.21. The Balaban J connectivity index is 1.62. The van der Waals surface area contributed by atoms with Gasteiger partial charge in [0, 0.05) is 42.3 Å². The molecule has 3 aromatic rings. The van der Waals surface area contributed by atoms with Gasteiger partial charge in [0.2, 0.25) is 0 Å². The second kappa shape index (κ2) is 9.57. The molecule has 0 saturated carbocycles. The van der Waals surface area contributed by atoms with Gasteiger partial charge in [-0.15, -0.1) is 0 Å². The molecule has 1 atom stereocenters. The normalized spacial score (nSPS) is 16.1. The first-order valence-corrected chi connectivity index (χ1v) is 11.1. The van der Waals surface area contributed by atoms with E-state index in [9.17, 15) is 26.7 Å². The number of carbonyl (C=O) groups excluding carboxylic acids is 1. The number of pyridine rings is 2. The maximum Gasteiger partial charge on any atom is 0.446 e. The van der Waals surface area contributed by atoms with Gasteiger partial charge in [-0.2, -0.15) is 13.2 Å². The molecular formula is C23H19F5N4OS. The van der Waals surface area contributed by atoms with E-state index >= 15 is 0 Å². The smallest absolute Gasteiger partial charge is 0.356 e. The van der Waals surface area contributed by atoms with Crippen LogP contribution in [0.3, 0.4) is 0 Å². The van der Waals surface area contributed by atoms with E-state index in [0.29, 0.717) is 22.9 Å². The van der Waals surface area contributed by atoms with Crippen LogP contribution in [0.2, 0.25) is 0 Å². The number of alkyl halides is 3. The Labute approximate surface area is 196 Å². The van der Waals surface area contributed by atoms with Crippen molar-refractivity contribution in [2.24, 2.45) is 5.92 Å². The number of amides is 1. The second-order valence-corrected chi connectivity index (χ2v) is 9.08. The highest BCUT2D eigenvalue weighted by Gasteiger charge is 2.31. The van der Waals surface area contributed by atoms with Crippen molar-refractivity contribution in [2.45, 2.75) is 23.7 Å². The number of aromatic nitrogens is 2. The van der Waals surface area contributed by atoms with Crippen LogP contribution < -0.4 is 10.2 Å². The summed E-state index contributed by atoms with van der Waals surface area (Å²) in [5.41, 5.74) is -3.58. The molecule has 1 fully saturated rings. The fraction of sp³-hybridized carbons (Fsp3) is 0.261. The van der Waals surface area contributed by atoms with Gasteiger partial charge in [-0.3, -0.25) is 9.78 Å². The number of nitrogens with zero attached hydrogens (tertiary/aromatic N) is 3. The zero-order valence-corrected chi connectivity index (χ0v) is 18.7. The van der Waals surface area contributed by atoms with E-state index in [0.717, 1.165) is 37.8 Å². The monoisotopic (exact) mass is 494 g/mol. The third-order valence-corrected chi connectivity index (χ3v) is 6.07. The van der Waals surface area contributed by atoms with Crippen LogP contribution in [0.25, 0.3) is 11.1 Å². The molecule has 34 heavy (non-hydrogen) atoms. The van der Waals surface area contributed by atoms with Crippen molar-refractivity contribution in [3.05, 3.63) is 66.1 Å². The van der Waals surface area contributed by atoms with Gasteiger partial charge in [0.1, 0.15) is 17.5 Å². The fourth-order valence-electron chi connectivity index (χ4n) is 3.72. The third kappa shape index (κ3) is 5.64. The predicted octanol–water partition coefficient (Wildman–Crippen LogP) is 6.13. The number of thioether (sulfide) groups is 1. The molecule has 2 aromatic heterocycles. The molecule has 1 saturated heterocycles. The van der Waals surface area contributed by atoms with Gasteiger partial charge >= 0.3 is 5.51 Å². The summed E-state index contributed by atoms with van der Waals surface area (Å²) < 4.78 is 65.5. The fourth-order valence-corrected chi connectivity index (χ4v) is 4.26. The number of hydrogen-bond acceptors (Lipinski definition) is 5. The topological polar surface area (TPSA) is 58.1 Å². The quantitative estimate of drug-likeness (QED) is 0.342. The van der Waals surface area contributed by atoms with Crippen LogP contribution in [0.1, 0.15) is 23.7 Å². The maximum absolute atomic E-state index is 14.1. The molecule has 1 amide bonds. The molecule has 5 nitrogen and oxygen atoms in total. The van der Waals surface area contributed by atoms with Crippen molar-refractivity contribution in [2.75, 3.05) is 23.3 Å². The molecule has 11 heteroatoms. The SMILES string of the molecule is C[C@@H]1CCN(c2ncc(C(=O)Nc3ccc(SC(F)(F)F)c(F)c3)cc2-c2cncc(F)c2)C1. The number of carbonyl (C=O) groups is 1. The minimum Gasteiger partial charge on any atom is -0.356 e. The minimum absolute atomic E-state index is 0.0135. The Kier molecular flexibility index (Phi) is 6.74. The molecule has 0 spiro atoms. The van der Waals surface area contributed by atoms with Crippen LogP contribution in [-0.4, -0.2) is 34.5 Å². The number of benzene rings is 1. The van der Waals surface area contributed by atoms with Crippen molar-refractivity contribution in [1.29, 1.82) is 0 Å². The Bertz CT molecular complexity index is 1220. The molecule has 178 valence electrons. The molecular weight excluding hydrogens is 475 g/mol. The van der Waals surface area contributed by atoms with Crippen molar-refractivity contribution in [3.63, 3.8) is 0 Å². The molecule has 1 N–H and O–H groups in total. The lowest BCUT2D eigenvalue weighted by atomic mass is 10.1. The summed E-state index contributed by atoms with van der Waals surface area (Å²) in [6.07, 6.45) is 4.87. The third-order valence-electron chi connectivity index (χ3n) is 5.28. The Morgan fingerprint density at radius 2 is 1.94 bits per heavy atom. The van der Waals surface area contributed by atoms with Gasteiger partial charge in [0.25, 0.3) is 5.91 Å². The van der Waals surface area contributed by atoms with Crippen molar-refractivity contribution in [3.8, 4) is 11.1 Å². The van der Waals surface area contributed by atoms with Crippen LogP contribution in [0.15, 0.2) is 53.8 Å². The maximum atomic E-state index is 14.1. The van der Waals surface area contributed by atoms with Gasteiger partial charge in [-0.25, -0.2) is 13.8 Å². The predicted molar refractivity (Wildman–Crippen MR) is 120 cm³/mol. The van der Waals surface area contributed by atoms with Gasteiger partial charge in [-0.05, 0) is 54.4 Å². The van der Waals surface area contributed by atoms with E-state index in [2.05, 4.69) is 27.1 Å². The molecule has 3 heterocycles. The lowest BCUT2D eigenvalue weighted by Crippen LogP contribution is -2.22. The lowest BCUT2D eigenvalue weighted by Gasteiger charge is -2.21. The highest BCUT2D eigenvalue weighted by Crippen LogP contribution is 2.39. The molecule has 0 aliphatic carbocycles. The van der Waals surface area contributed by atoms with Gasteiger partial charge in [0.05, 0.1) is 16.7 Å². The van der Waals surface area contributed by atoms with Crippen molar-refractivity contribution < 1.29 is 26.7 Å². The average molecular weight is 494 g/mol. The van der Waals surface area contributed by atoms with E-state index in [1.54, 1.807) is 6.07 Å². The minimum atomic E-state index is -4.63. The van der Waals surface area contributed by atoms with Crippen LogP contribution >= 0.6 is 11.8 Å². The Morgan fingerprint density at radius 1 is 1.15 bits per heavy atom. The van der Waals surface area contributed by atoms with E-state index in [4.69, 9.17) is 0 Å². The molecule has 0 bridgehead atoms. The molecule has 4 rings (SSSR count).